The van der Waals surface area contributed by atoms with Gasteiger partial charge in [0, 0.05) is 18.8 Å². The van der Waals surface area contributed by atoms with E-state index in [9.17, 15) is 17.6 Å². The third-order valence-corrected chi connectivity index (χ3v) is 8.29. The number of carbonyl (C=O) groups is 1. The number of anilines is 2. The molecule has 2 fully saturated rings. The second kappa shape index (κ2) is 7.04. The van der Waals surface area contributed by atoms with Crippen molar-refractivity contribution in [3.63, 3.8) is 0 Å². The Bertz CT molecular complexity index is 1130. The van der Waals surface area contributed by atoms with Crippen LogP contribution in [0.3, 0.4) is 0 Å². The number of sulfone groups is 1. The van der Waals surface area contributed by atoms with Gasteiger partial charge >= 0.3 is 0 Å². The molecule has 2 aromatic rings. The molecular formula is C22H24FN3O3S. The van der Waals surface area contributed by atoms with Crippen molar-refractivity contribution >= 4 is 27.1 Å². The number of aromatic nitrogens is 1. The summed E-state index contributed by atoms with van der Waals surface area (Å²) in [5, 5.41) is 3.38. The number of nitrogens with zero attached hydrogens (tertiary/aromatic N) is 2. The van der Waals surface area contributed by atoms with E-state index in [0.29, 0.717) is 23.1 Å². The molecule has 1 saturated heterocycles. The summed E-state index contributed by atoms with van der Waals surface area (Å²) in [7, 11) is -3.05. The smallest absolute Gasteiger partial charge is 0.272 e. The molecule has 2 atom stereocenters. The van der Waals surface area contributed by atoms with Crippen LogP contribution < -0.4 is 5.32 Å². The molecule has 30 heavy (non-hydrogen) atoms. The maximum Gasteiger partial charge on any atom is 0.272 e. The van der Waals surface area contributed by atoms with Crippen LogP contribution in [0.5, 0.6) is 0 Å². The highest BCUT2D eigenvalue weighted by atomic mass is 32.2. The molecule has 0 radical (unpaired) electrons. The van der Waals surface area contributed by atoms with Gasteiger partial charge < -0.3 is 10.2 Å². The van der Waals surface area contributed by atoms with Gasteiger partial charge in [-0.3, -0.25) is 4.79 Å². The monoisotopic (exact) mass is 429 g/mol. The van der Waals surface area contributed by atoms with Crippen molar-refractivity contribution in [3.05, 3.63) is 52.6 Å². The zero-order chi connectivity index (χ0) is 21.0. The van der Waals surface area contributed by atoms with E-state index in [4.69, 9.17) is 0 Å². The molecular weight excluding hydrogens is 405 g/mol. The molecule has 2 bridgehead atoms. The Morgan fingerprint density at radius 2 is 1.87 bits per heavy atom. The minimum atomic E-state index is -3.05. The number of pyridine rings is 1. The lowest BCUT2D eigenvalue weighted by atomic mass is 9.89. The fourth-order valence-corrected chi connectivity index (χ4v) is 6.31. The van der Waals surface area contributed by atoms with Crippen LogP contribution >= 0.6 is 0 Å². The normalized spacial score (nSPS) is 24.0. The molecule has 1 aliphatic heterocycles. The Morgan fingerprint density at radius 3 is 2.57 bits per heavy atom. The highest BCUT2D eigenvalue weighted by molar-refractivity contribution is 7.91. The molecule has 1 saturated carbocycles. The van der Waals surface area contributed by atoms with Gasteiger partial charge in [-0.25, -0.2) is 17.8 Å². The fourth-order valence-electron chi connectivity index (χ4n) is 5.11. The van der Waals surface area contributed by atoms with Crippen LogP contribution in [0.4, 0.5) is 15.8 Å². The molecule has 1 aromatic carbocycles. The van der Waals surface area contributed by atoms with Crippen LogP contribution in [0.15, 0.2) is 24.4 Å². The number of amides is 1. The van der Waals surface area contributed by atoms with Crippen molar-refractivity contribution in [2.45, 2.75) is 38.0 Å². The fraction of sp³-hybridized carbons (Fsp3) is 0.455. The number of aryl methyl sites for hydroxylation is 1. The molecule has 2 heterocycles. The largest absolute Gasteiger partial charge is 0.354 e. The number of hydrogen-bond acceptors (Lipinski definition) is 5. The maximum absolute atomic E-state index is 13.6. The van der Waals surface area contributed by atoms with Crippen molar-refractivity contribution < 1.29 is 17.6 Å². The van der Waals surface area contributed by atoms with Crippen molar-refractivity contribution in [1.82, 2.24) is 9.88 Å². The van der Waals surface area contributed by atoms with Gasteiger partial charge in [-0.15, -0.1) is 0 Å². The average molecular weight is 430 g/mol. The van der Waals surface area contributed by atoms with Crippen molar-refractivity contribution in [1.29, 1.82) is 0 Å². The summed E-state index contributed by atoms with van der Waals surface area (Å²) in [5.41, 5.74) is 4.88. The van der Waals surface area contributed by atoms with E-state index in [1.54, 1.807) is 30.2 Å². The van der Waals surface area contributed by atoms with E-state index in [1.807, 2.05) is 0 Å². The molecule has 1 N–H and O–H groups in total. The van der Waals surface area contributed by atoms with Crippen molar-refractivity contribution in [2.75, 3.05) is 29.9 Å². The van der Waals surface area contributed by atoms with E-state index in [-0.39, 0.29) is 36.3 Å². The SMILES string of the molecule is Cc1cc(Nc2cnc(C(=O)N3CCS(=O)(=O)CC3)c3c2C2CCC3C2)ccc1F. The van der Waals surface area contributed by atoms with Gasteiger partial charge in [-0.05, 0) is 72.9 Å². The summed E-state index contributed by atoms with van der Waals surface area (Å²) < 4.78 is 37.1. The lowest BCUT2D eigenvalue weighted by Gasteiger charge is -2.28. The first-order chi connectivity index (χ1) is 14.3. The highest BCUT2D eigenvalue weighted by Crippen LogP contribution is 2.56. The van der Waals surface area contributed by atoms with Gasteiger partial charge in [0.25, 0.3) is 5.91 Å². The Balaban J connectivity index is 1.49. The Labute approximate surface area is 175 Å². The Hall–Kier alpha value is -2.48. The molecule has 1 aromatic heterocycles. The summed E-state index contributed by atoms with van der Waals surface area (Å²) in [5.74, 6) is 0.324. The molecule has 0 spiro atoms. The standard InChI is InChI=1S/C22H24FN3O3S/c1-13-10-16(4-5-17(13)23)25-18-12-24-21(20-15-3-2-14(11-15)19(18)20)22(27)26-6-8-30(28,29)9-7-26/h4-5,10,12,14-15,25H,2-3,6-9,11H2,1H3. The van der Waals surface area contributed by atoms with E-state index < -0.39 is 9.84 Å². The summed E-state index contributed by atoms with van der Waals surface area (Å²) in [6, 6.07) is 4.91. The lowest BCUT2D eigenvalue weighted by molar-refractivity contribution is 0.0762. The molecule has 2 aliphatic carbocycles. The number of fused-ring (bicyclic) bond motifs is 5. The topological polar surface area (TPSA) is 79.4 Å². The first-order valence-corrected chi connectivity index (χ1v) is 12.2. The van der Waals surface area contributed by atoms with Gasteiger partial charge in [0.05, 0.1) is 23.4 Å². The second-order valence-corrected chi connectivity index (χ2v) is 10.9. The van der Waals surface area contributed by atoms with Gasteiger partial charge in [0.15, 0.2) is 9.84 Å². The highest BCUT2D eigenvalue weighted by Gasteiger charge is 2.42. The van der Waals surface area contributed by atoms with Gasteiger partial charge in [-0.2, -0.15) is 0 Å². The minimum Gasteiger partial charge on any atom is -0.354 e. The number of carbonyl (C=O) groups excluding carboxylic acids is 1. The van der Waals surface area contributed by atoms with E-state index in [0.717, 1.165) is 41.8 Å². The quantitative estimate of drug-likeness (QED) is 0.808. The van der Waals surface area contributed by atoms with Crippen LogP contribution in [0.25, 0.3) is 0 Å². The molecule has 6 nitrogen and oxygen atoms in total. The summed E-state index contributed by atoms with van der Waals surface area (Å²) in [6.07, 6.45) is 4.86. The van der Waals surface area contributed by atoms with Gasteiger partial charge in [-0.1, -0.05) is 0 Å². The molecule has 158 valence electrons. The molecule has 5 rings (SSSR count). The van der Waals surface area contributed by atoms with Crippen LogP contribution in [0, 0.1) is 12.7 Å². The number of hydrogen-bond donors (Lipinski definition) is 1. The summed E-state index contributed by atoms with van der Waals surface area (Å²) in [4.78, 5) is 19.4. The predicted octanol–water partition coefficient (Wildman–Crippen LogP) is 3.51. The Kier molecular flexibility index (Phi) is 4.57. The van der Waals surface area contributed by atoms with Crippen LogP contribution in [-0.2, 0) is 9.84 Å². The first kappa shape index (κ1) is 19.5. The third kappa shape index (κ3) is 3.27. The van der Waals surface area contributed by atoms with Crippen LogP contribution in [-0.4, -0.2) is 48.8 Å². The van der Waals surface area contributed by atoms with Gasteiger partial charge in [0.2, 0.25) is 0 Å². The zero-order valence-corrected chi connectivity index (χ0v) is 17.6. The average Bonchev–Trinajstić information content (AvgIpc) is 3.33. The number of benzene rings is 1. The Morgan fingerprint density at radius 1 is 1.17 bits per heavy atom. The van der Waals surface area contributed by atoms with E-state index >= 15 is 0 Å². The zero-order valence-electron chi connectivity index (χ0n) is 16.8. The second-order valence-electron chi connectivity index (χ2n) is 8.59. The molecule has 1 amide bonds. The summed E-state index contributed by atoms with van der Waals surface area (Å²) >= 11 is 0. The number of halogens is 1. The molecule has 2 unspecified atom stereocenters. The van der Waals surface area contributed by atoms with Crippen LogP contribution in [0.1, 0.15) is 58.3 Å². The van der Waals surface area contributed by atoms with Crippen molar-refractivity contribution in [2.24, 2.45) is 0 Å². The number of nitrogens with one attached hydrogen (secondary N) is 1. The third-order valence-electron chi connectivity index (χ3n) is 6.68. The van der Waals surface area contributed by atoms with E-state index in [1.165, 1.54) is 6.07 Å². The first-order valence-electron chi connectivity index (χ1n) is 10.4. The van der Waals surface area contributed by atoms with Crippen molar-refractivity contribution in [3.8, 4) is 0 Å². The van der Waals surface area contributed by atoms with Gasteiger partial charge in [0.1, 0.15) is 11.5 Å². The van der Waals surface area contributed by atoms with E-state index in [2.05, 4.69) is 10.3 Å². The maximum atomic E-state index is 13.6. The predicted molar refractivity (Wildman–Crippen MR) is 113 cm³/mol. The minimum absolute atomic E-state index is 0.0105. The summed E-state index contributed by atoms with van der Waals surface area (Å²) in [6.45, 7) is 2.17. The lowest BCUT2D eigenvalue weighted by Crippen LogP contribution is -2.44. The van der Waals surface area contributed by atoms with Crippen LogP contribution in [0.2, 0.25) is 0 Å². The molecule has 3 aliphatic rings. The molecule has 8 heteroatoms. The number of rotatable bonds is 3.